The van der Waals surface area contributed by atoms with E-state index in [-0.39, 0.29) is 5.78 Å². The van der Waals surface area contributed by atoms with E-state index in [0.29, 0.717) is 37.7 Å². The van der Waals surface area contributed by atoms with Crippen molar-refractivity contribution >= 4 is 27.8 Å². The standard InChI is InChI=1S/C18H24BrNO3/c1-4-20-8-7-16(21)14(12-20)9-13-10-15(19)18(23-6-3)17(11-13)22-5-2/h9-11H,4-8,12H2,1-3H3/b14-9+. The summed E-state index contributed by atoms with van der Waals surface area (Å²) in [4.78, 5) is 14.4. The van der Waals surface area contributed by atoms with Gasteiger partial charge in [0, 0.05) is 25.1 Å². The lowest BCUT2D eigenvalue weighted by molar-refractivity contribution is -0.117. The van der Waals surface area contributed by atoms with Crippen LogP contribution in [0.4, 0.5) is 0 Å². The van der Waals surface area contributed by atoms with Crippen molar-refractivity contribution in [3.63, 3.8) is 0 Å². The Bertz CT molecular complexity index is 598. The second kappa shape index (κ2) is 8.50. The van der Waals surface area contributed by atoms with Crippen molar-refractivity contribution in [2.45, 2.75) is 27.2 Å². The summed E-state index contributed by atoms with van der Waals surface area (Å²) < 4.78 is 12.2. The number of hydrogen-bond acceptors (Lipinski definition) is 4. The van der Waals surface area contributed by atoms with Gasteiger partial charge < -0.3 is 9.47 Å². The molecule has 0 bridgehead atoms. The molecule has 0 radical (unpaired) electrons. The summed E-state index contributed by atoms with van der Waals surface area (Å²) in [6.07, 6.45) is 2.56. The van der Waals surface area contributed by atoms with Gasteiger partial charge in [-0.3, -0.25) is 9.69 Å². The predicted molar refractivity (Wildman–Crippen MR) is 96.2 cm³/mol. The Labute approximate surface area is 146 Å². The smallest absolute Gasteiger partial charge is 0.175 e. The van der Waals surface area contributed by atoms with E-state index in [1.165, 1.54) is 0 Å². The molecule has 0 N–H and O–H groups in total. The Kier molecular flexibility index (Phi) is 6.66. The number of likely N-dealkylation sites (tertiary alicyclic amines) is 1. The number of piperidine rings is 1. The van der Waals surface area contributed by atoms with Crippen LogP contribution in [0, 0.1) is 0 Å². The first kappa shape index (κ1) is 18.0. The minimum Gasteiger partial charge on any atom is -0.490 e. The SMILES string of the molecule is CCOc1cc(/C=C2\CN(CC)CCC2=O)cc(Br)c1OCC. The number of benzene rings is 1. The third-order valence-corrected chi connectivity index (χ3v) is 4.40. The molecule has 1 aromatic rings. The highest BCUT2D eigenvalue weighted by Gasteiger charge is 2.20. The summed E-state index contributed by atoms with van der Waals surface area (Å²) in [5.74, 6) is 1.64. The van der Waals surface area contributed by atoms with E-state index in [1.54, 1.807) is 0 Å². The Hall–Kier alpha value is -1.33. The highest BCUT2D eigenvalue weighted by molar-refractivity contribution is 9.10. The number of halogens is 1. The number of hydrogen-bond donors (Lipinski definition) is 0. The molecule has 0 atom stereocenters. The van der Waals surface area contributed by atoms with Gasteiger partial charge in [0.25, 0.3) is 0 Å². The Morgan fingerprint density at radius 1 is 1.22 bits per heavy atom. The highest BCUT2D eigenvalue weighted by atomic mass is 79.9. The predicted octanol–water partition coefficient (Wildman–Crippen LogP) is 3.92. The molecule has 23 heavy (non-hydrogen) atoms. The van der Waals surface area contributed by atoms with Crippen molar-refractivity contribution in [1.82, 2.24) is 4.90 Å². The van der Waals surface area contributed by atoms with Crippen LogP contribution in [-0.2, 0) is 4.79 Å². The first-order valence-corrected chi connectivity index (χ1v) is 8.93. The fourth-order valence-electron chi connectivity index (χ4n) is 2.64. The van der Waals surface area contributed by atoms with Crippen molar-refractivity contribution in [2.24, 2.45) is 0 Å². The summed E-state index contributed by atoms with van der Waals surface area (Å²) in [6, 6.07) is 3.91. The molecule has 126 valence electrons. The normalized spacial score (nSPS) is 17.6. The monoisotopic (exact) mass is 381 g/mol. The number of Topliss-reactive ketones (excluding diaryl/α,β-unsaturated/α-hetero) is 1. The maximum absolute atomic E-state index is 12.2. The Morgan fingerprint density at radius 2 is 1.96 bits per heavy atom. The summed E-state index contributed by atoms with van der Waals surface area (Å²) >= 11 is 3.54. The molecular weight excluding hydrogens is 358 g/mol. The molecule has 0 spiro atoms. The highest BCUT2D eigenvalue weighted by Crippen LogP contribution is 2.37. The van der Waals surface area contributed by atoms with Gasteiger partial charge >= 0.3 is 0 Å². The Balaban J connectivity index is 2.35. The van der Waals surface area contributed by atoms with Crippen molar-refractivity contribution in [1.29, 1.82) is 0 Å². The third kappa shape index (κ3) is 4.58. The summed E-state index contributed by atoms with van der Waals surface area (Å²) in [5.41, 5.74) is 1.81. The lowest BCUT2D eigenvalue weighted by Gasteiger charge is -2.26. The van der Waals surface area contributed by atoms with Gasteiger partial charge in [0.05, 0.1) is 17.7 Å². The van der Waals surface area contributed by atoms with Crippen LogP contribution in [0.25, 0.3) is 6.08 Å². The zero-order chi connectivity index (χ0) is 16.8. The number of carbonyl (C=O) groups excluding carboxylic acids is 1. The molecule has 5 heteroatoms. The molecular formula is C18H24BrNO3. The molecule has 0 unspecified atom stereocenters. The van der Waals surface area contributed by atoms with E-state index in [9.17, 15) is 4.79 Å². The van der Waals surface area contributed by atoms with Gasteiger partial charge in [-0.25, -0.2) is 0 Å². The second-order valence-corrected chi connectivity index (χ2v) is 6.26. The van der Waals surface area contributed by atoms with Crippen molar-refractivity contribution in [3.05, 3.63) is 27.7 Å². The van der Waals surface area contributed by atoms with Gasteiger partial charge in [-0.2, -0.15) is 0 Å². The topological polar surface area (TPSA) is 38.8 Å². The van der Waals surface area contributed by atoms with Gasteiger partial charge in [-0.05, 0) is 60.1 Å². The van der Waals surface area contributed by atoms with Crippen molar-refractivity contribution in [2.75, 3.05) is 32.8 Å². The molecule has 2 rings (SSSR count). The number of ketones is 1. The minimum atomic E-state index is 0.234. The Morgan fingerprint density at radius 3 is 2.61 bits per heavy atom. The van der Waals surface area contributed by atoms with Gasteiger partial charge in [0.2, 0.25) is 0 Å². The molecule has 1 aliphatic heterocycles. The largest absolute Gasteiger partial charge is 0.490 e. The zero-order valence-electron chi connectivity index (χ0n) is 14.0. The van der Waals surface area contributed by atoms with Crippen LogP contribution >= 0.6 is 15.9 Å². The van der Waals surface area contributed by atoms with Crippen LogP contribution in [0.2, 0.25) is 0 Å². The summed E-state index contributed by atoms with van der Waals surface area (Å²) in [5, 5.41) is 0. The van der Waals surface area contributed by atoms with Crippen LogP contribution in [0.3, 0.4) is 0 Å². The average Bonchev–Trinajstić information content (AvgIpc) is 2.53. The van der Waals surface area contributed by atoms with Crippen LogP contribution in [0.1, 0.15) is 32.8 Å². The van der Waals surface area contributed by atoms with Gasteiger partial charge in [-0.1, -0.05) is 6.92 Å². The number of rotatable bonds is 6. The lowest BCUT2D eigenvalue weighted by atomic mass is 10.00. The molecule has 1 fully saturated rings. The molecule has 0 aliphatic carbocycles. The van der Waals surface area contributed by atoms with E-state index < -0.39 is 0 Å². The van der Waals surface area contributed by atoms with Crippen LogP contribution < -0.4 is 9.47 Å². The van der Waals surface area contributed by atoms with E-state index in [0.717, 1.165) is 28.7 Å². The van der Waals surface area contributed by atoms with Crippen molar-refractivity contribution in [3.8, 4) is 11.5 Å². The molecule has 1 aromatic carbocycles. The first-order valence-electron chi connectivity index (χ1n) is 8.14. The lowest BCUT2D eigenvalue weighted by Crippen LogP contribution is -2.35. The summed E-state index contributed by atoms with van der Waals surface area (Å²) in [6.45, 7) is 9.67. The van der Waals surface area contributed by atoms with E-state index in [4.69, 9.17) is 9.47 Å². The van der Waals surface area contributed by atoms with Crippen molar-refractivity contribution < 1.29 is 14.3 Å². The van der Waals surface area contributed by atoms with Gasteiger partial charge in [0.15, 0.2) is 17.3 Å². The average molecular weight is 382 g/mol. The molecule has 1 saturated heterocycles. The molecule has 0 saturated carbocycles. The number of ether oxygens (including phenoxy) is 2. The maximum atomic E-state index is 12.2. The summed E-state index contributed by atoms with van der Waals surface area (Å²) in [7, 11) is 0. The van der Waals surface area contributed by atoms with E-state index >= 15 is 0 Å². The zero-order valence-corrected chi connectivity index (χ0v) is 15.6. The van der Waals surface area contributed by atoms with Gasteiger partial charge in [-0.15, -0.1) is 0 Å². The first-order chi connectivity index (χ1) is 11.1. The van der Waals surface area contributed by atoms with Crippen LogP contribution in [-0.4, -0.2) is 43.5 Å². The van der Waals surface area contributed by atoms with E-state index in [1.807, 2.05) is 32.1 Å². The van der Waals surface area contributed by atoms with Crippen LogP contribution in [0.15, 0.2) is 22.2 Å². The second-order valence-electron chi connectivity index (χ2n) is 5.41. The fourth-order valence-corrected chi connectivity index (χ4v) is 3.22. The number of nitrogens with zero attached hydrogens (tertiary/aromatic N) is 1. The molecule has 4 nitrogen and oxygen atoms in total. The molecule has 0 amide bonds. The molecule has 1 heterocycles. The van der Waals surface area contributed by atoms with Gasteiger partial charge in [0.1, 0.15) is 0 Å². The number of likely N-dealkylation sites (N-methyl/N-ethyl adjacent to an activating group) is 1. The van der Waals surface area contributed by atoms with Crippen LogP contribution in [0.5, 0.6) is 11.5 Å². The quantitative estimate of drug-likeness (QED) is 0.699. The third-order valence-electron chi connectivity index (χ3n) is 3.82. The maximum Gasteiger partial charge on any atom is 0.175 e. The fraction of sp³-hybridized carbons (Fsp3) is 0.500. The molecule has 0 aromatic heterocycles. The molecule has 1 aliphatic rings. The minimum absolute atomic E-state index is 0.234. The number of carbonyl (C=O) groups is 1. The van der Waals surface area contributed by atoms with E-state index in [2.05, 4.69) is 27.8 Å².